The van der Waals surface area contributed by atoms with Crippen molar-refractivity contribution in [3.63, 3.8) is 0 Å². The number of rotatable bonds is 4. The zero-order valence-electron chi connectivity index (χ0n) is 8.77. The number of phenolic OH excluding ortho intramolecular Hbond substituents is 1. The molecule has 1 rings (SSSR count). The van der Waals surface area contributed by atoms with Gasteiger partial charge < -0.3 is 10.2 Å². The average Bonchev–Trinajstić information content (AvgIpc) is 2.18. The Labute approximate surface area is 99.3 Å². The second-order valence-corrected chi connectivity index (χ2v) is 5.78. The van der Waals surface area contributed by atoms with E-state index in [-0.39, 0.29) is 17.6 Å². The van der Waals surface area contributed by atoms with Crippen molar-refractivity contribution in [2.24, 2.45) is 0 Å². The molecule has 15 heavy (non-hydrogen) atoms. The molecule has 0 amide bonds. The first kappa shape index (κ1) is 12.7. The van der Waals surface area contributed by atoms with Crippen molar-refractivity contribution in [3.05, 3.63) is 28.8 Å². The quantitative estimate of drug-likeness (QED) is 0.857. The van der Waals surface area contributed by atoms with Gasteiger partial charge in [-0.2, -0.15) is 0 Å². The van der Waals surface area contributed by atoms with Crippen molar-refractivity contribution < 1.29 is 10.2 Å². The van der Waals surface area contributed by atoms with Crippen LogP contribution in [0.2, 0.25) is 5.02 Å². The number of thioether (sulfide) groups is 1. The Kier molecular flexibility index (Phi) is 4.77. The van der Waals surface area contributed by atoms with E-state index in [9.17, 15) is 10.2 Å². The van der Waals surface area contributed by atoms with Gasteiger partial charge in [-0.15, -0.1) is 11.8 Å². The van der Waals surface area contributed by atoms with E-state index < -0.39 is 0 Å². The Morgan fingerprint density at radius 1 is 1.40 bits per heavy atom. The second kappa shape index (κ2) is 5.64. The molecular formula is C11H15ClO2S. The first-order valence-corrected chi connectivity index (χ1v) is 6.11. The molecule has 0 aromatic heterocycles. The number of aliphatic hydroxyl groups excluding tert-OH is 1. The van der Waals surface area contributed by atoms with Crippen LogP contribution in [0.3, 0.4) is 0 Å². The molecule has 2 nitrogen and oxygen atoms in total. The fraction of sp³-hybridized carbons (Fsp3) is 0.455. The highest BCUT2D eigenvalue weighted by Crippen LogP contribution is 2.37. The Balaban J connectivity index is 2.95. The first-order valence-electron chi connectivity index (χ1n) is 4.79. The van der Waals surface area contributed by atoms with Crippen molar-refractivity contribution in [1.82, 2.24) is 0 Å². The van der Waals surface area contributed by atoms with Crippen LogP contribution in [0, 0.1) is 0 Å². The van der Waals surface area contributed by atoms with E-state index >= 15 is 0 Å². The van der Waals surface area contributed by atoms with Gasteiger partial charge in [-0.3, -0.25) is 0 Å². The summed E-state index contributed by atoms with van der Waals surface area (Å²) in [6.07, 6.45) is 0. The van der Waals surface area contributed by atoms with E-state index in [0.717, 1.165) is 0 Å². The summed E-state index contributed by atoms with van der Waals surface area (Å²) < 4.78 is 0. The molecule has 0 aliphatic heterocycles. The maximum absolute atomic E-state index is 9.67. The molecule has 1 unspecified atom stereocenters. The lowest BCUT2D eigenvalue weighted by Gasteiger charge is -2.18. The molecule has 4 heteroatoms. The van der Waals surface area contributed by atoms with Gasteiger partial charge >= 0.3 is 0 Å². The summed E-state index contributed by atoms with van der Waals surface area (Å²) in [5, 5.41) is 19.8. The molecule has 0 aliphatic carbocycles. The predicted molar refractivity (Wildman–Crippen MR) is 65.7 cm³/mol. The lowest BCUT2D eigenvalue weighted by atomic mass is 10.1. The van der Waals surface area contributed by atoms with E-state index in [1.165, 1.54) is 0 Å². The summed E-state index contributed by atoms with van der Waals surface area (Å²) in [5.74, 6) is 0.187. The van der Waals surface area contributed by atoms with E-state index in [1.807, 2.05) is 0 Å². The first-order chi connectivity index (χ1) is 7.04. The highest BCUT2D eigenvalue weighted by atomic mass is 35.5. The Morgan fingerprint density at radius 3 is 2.60 bits per heavy atom. The van der Waals surface area contributed by atoms with Gasteiger partial charge in [-0.25, -0.2) is 0 Å². The molecule has 0 radical (unpaired) electrons. The SMILES string of the molecule is CC(C)SC(CO)c1cc(Cl)ccc1O. The summed E-state index contributed by atoms with van der Waals surface area (Å²) in [6, 6.07) is 4.89. The fourth-order valence-corrected chi connectivity index (χ4v) is 2.59. The Bertz CT molecular complexity index is 328. The number of benzene rings is 1. The highest BCUT2D eigenvalue weighted by molar-refractivity contribution is 8.00. The summed E-state index contributed by atoms with van der Waals surface area (Å²) >= 11 is 7.46. The molecule has 0 aliphatic rings. The van der Waals surface area contributed by atoms with E-state index in [4.69, 9.17) is 11.6 Å². The van der Waals surface area contributed by atoms with Gasteiger partial charge in [-0.1, -0.05) is 25.4 Å². The standard InChI is InChI=1S/C11H15ClO2S/c1-7(2)15-11(6-13)9-5-8(12)3-4-10(9)14/h3-5,7,11,13-14H,6H2,1-2H3. The van der Waals surface area contributed by atoms with Crippen LogP contribution in [0.5, 0.6) is 5.75 Å². The van der Waals surface area contributed by atoms with Gasteiger partial charge in [0.25, 0.3) is 0 Å². The molecule has 1 aromatic rings. The molecule has 0 saturated carbocycles. The van der Waals surface area contributed by atoms with Gasteiger partial charge in [0.2, 0.25) is 0 Å². The van der Waals surface area contributed by atoms with Gasteiger partial charge in [0, 0.05) is 10.6 Å². The Morgan fingerprint density at radius 2 is 2.07 bits per heavy atom. The van der Waals surface area contributed by atoms with Gasteiger partial charge in [0.05, 0.1) is 11.9 Å². The fourth-order valence-electron chi connectivity index (χ4n) is 1.33. The average molecular weight is 247 g/mol. The minimum atomic E-state index is -0.122. The van der Waals surface area contributed by atoms with Gasteiger partial charge in [-0.05, 0) is 23.4 Å². The largest absolute Gasteiger partial charge is 0.508 e. The van der Waals surface area contributed by atoms with E-state index in [2.05, 4.69) is 13.8 Å². The molecule has 0 heterocycles. The number of aromatic hydroxyl groups is 1. The Hall–Kier alpha value is -0.380. The number of aliphatic hydroxyl groups is 1. The number of hydrogen-bond donors (Lipinski definition) is 2. The molecule has 0 bridgehead atoms. The molecule has 1 atom stereocenters. The van der Waals surface area contributed by atoms with Crippen molar-refractivity contribution in [2.75, 3.05) is 6.61 Å². The van der Waals surface area contributed by atoms with Crippen LogP contribution in [-0.4, -0.2) is 22.1 Å². The number of hydrogen-bond acceptors (Lipinski definition) is 3. The molecule has 2 N–H and O–H groups in total. The molecule has 0 fully saturated rings. The third kappa shape index (κ3) is 3.59. The predicted octanol–water partition coefficient (Wildman–Crippen LogP) is 3.22. The number of halogens is 1. The monoisotopic (exact) mass is 246 g/mol. The minimum Gasteiger partial charge on any atom is -0.508 e. The van der Waals surface area contributed by atoms with Crippen molar-refractivity contribution in [3.8, 4) is 5.75 Å². The molecule has 0 saturated heterocycles. The lowest BCUT2D eigenvalue weighted by molar-refractivity contribution is 0.294. The third-order valence-electron chi connectivity index (χ3n) is 1.94. The van der Waals surface area contributed by atoms with Crippen LogP contribution in [0.25, 0.3) is 0 Å². The summed E-state index contributed by atoms with van der Waals surface area (Å²) in [7, 11) is 0. The van der Waals surface area contributed by atoms with Crippen LogP contribution >= 0.6 is 23.4 Å². The van der Waals surface area contributed by atoms with Crippen LogP contribution in [0.4, 0.5) is 0 Å². The summed E-state index contributed by atoms with van der Waals surface area (Å²) in [5.41, 5.74) is 0.698. The zero-order chi connectivity index (χ0) is 11.4. The zero-order valence-corrected chi connectivity index (χ0v) is 10.3. The molecular weight excluding hydrogens is 232 g/mol. The van der Waals surface area contributed by atoms with E-state index in [0.29, 0.717) is 15.8 Å². The molecule has 84 valence electrons. The van der Waals surface area contributed by atoms with Crippen molar-refractivity contribution in [1.29, 1.82) is 0 Å². The second-order valence-electron chi connectivity index (χ2n) is 3.56. The summed E-state index contributed by atoms with van der Waals surface area (Å²) in [6.45, 7) is 4.10. The maximum atomic E-state index is 9.67. The molecule has 1 aromatic carbocycles. The normalized spacial score (nSPS) is 13.1. The van der Waals surface area contributed by atoms with Gasteiger partial charge in [0.1, 0.15) is 5.75 Å². The lowest BCUT2D eigenvalue weighted by Crippen LogP contribution is -2.04. The summed E-state index contributed by atoms with van der Waals surface area (Å²) in [4.78, 5) is 0. The topological polar surface area (TPSA) is 40.5 Å². The van der Waals surface area contributed by atoms with Crippen molar-refractivity contribution in [2.45, 2.75) is 24.3 Å². The smallest absolute Gasteiger partial charge is 0.120 e. The highest BCUT2D eigenvalue weighted by Gasteiger charge is 2.16. The maximum Gasteiger partial charge on any atom is 0.120 e. The number of phenols is 1. The van der Waals surface area contributed by atoms with Crippen LogP contribution in [-0.2, 0) is 0 Å². The van der Waals surface area contributed by atoms with Crippen LogP contribution in [0.1, 0.15) is 24.7 Å². The minimum absolute atomic E-state index is 0.00323. The third-order valence-corrected chi connectivity index (χ3v) is 3.45. The van der Waals surface area contributed by atoms with Crippen molar-refractivity contribution >= 4 is 23.4 Å². The van der Waals surface area contributed by atoms with Gasteiger partial charge in [0.15, 0.2) is 0 Å². The van der Waals surface area contributed by atoms with Crippen LogP contribution in [0.15, 0.2) is 18.2 Å². The van der Waals surface area contributed by atoms with Crippen LogP contribution < -0.4 is 0 Å². The molecule has 0 spiro atoms. The van der Waals surface area contributed by atoms with E-state index in [1.54, 1.807) is 30.0 Å².